The highest BCUT2D eigenvalue weighted by Gasteiger charge is 2.14. The molecule has 0 saturated carbocycles. The first kappa shape index (κ1) is 10.7. The van der Waals surface area contributed by atoms with Gasteiger partial charge in [0.25, 0.3) is 5.71 Å². The Kier molecular flexibility index (Phi) is 2.27. The van der Waals surface area contributed by atoms with Crippen molar-refractivity contribution in [3.63, 3.8) is 0 Å². The fourth-order valence-corrected chi connectivity index (χ4v) is 1.96. The molecule has 0 bridgehead atoms. The highest BCUT2D eigenvalue weighted by atomic mass is 16.5. The van der Waals surface area contributed by atoms with E-state index in [4.69, 9.17) is 10.4 Å². The summed E-state index contributed by atoms with van der Waals surface area (Å²) in [6.45, 7) is 1.85. The molecule has 0 aliphatic rings. The van der Waals surface area contributed by atoms with Gasteiger partial charge in [-0.25, -0.2) is 4.98 Å². The normalized spacial score (nSPS) is 11.1. The number of aromatic nitrogens is 4. The third-order valence-electron chi connectivity index (χ3n) is 2.86. The van der Waals surface area contributed by atoms with Gasteiger partial charge in [0.1, 0.15) is 0 Å². The SMILES string of the molecule is Cc1noc2nc(-c3ccnn3C)cc(NN)c12. The minimum Gasteiger partial charge on any atom is -0.335 e. The number of rotatable bonds is 2. The van der Waals surface area contributed by atoms with Crippen LogP contribution in [0.1, 0.15) is 5.69 Å². The van der Waals surface area contributed by atoms with E-state index in [9.17, 15) is 0 Å². The first-order valence-electron chi connectivity index (χ1n) is 5.42. The van der Waals surface area contributed by atoms with E-state index >= 15 is 0 Å². The number of nitrogens with two attached hydrogens (primary N) is 1. The van der Waals surface area contributed by atoms with Crippen LogP contribution in [-0.2, 0) is 7.05 Å². The fraction of sp³-hybridized carbons (Fsp3) is 0.182. The zero-order valence-corrected chi connectivity index (χ0v) is 10.0. The summed E-state index contributed by atoms with van der Waals surface area (Å²) >= 11 is 0. The second kappa shape index (κ2) is 3.81. The standard InChI is InChI=1S/C11H12N6O/c1-6-10-8(15-12)5-7(14-11(10)18-16-6)9-3-4-13-17(9)2/h3-5H,12H2,1-2H3,(H,14,15). The summed E-state index contributed by atoms with van der Waals surface area (Å²) in [6.07, 6.45) is 1.71. The Bertz CT molecular complexity index is 713. The first-order chi connectivity index (χ1) is 8.70. The summed E-state index contributed by atoms with van der Waals surface area (Å²) in [5.41, 5.74) is 6.20. The molecule has 0 aliphatic carbocycles. The van der Waals surface area contributed by atoms with Crippen LogP contribution in [0.5, 0.6) is 0 Å². The van der Waals surface area contributed by atoms with Crippen molar-refractivity contribution in [1.29, 1.82) is 0 Å². The van der Waals surface area contributed by atoms with Crippen LogP contribution in [0.25, 0.3) is 22.5 Å². The Morgan fingerprint density at radius 3 is 2.94 bits per heavy atom. The maximum absolute atomic E-state index is 5.53. The maximum atomic E-state index is 5.53. The largest absolute Gasteiger partial charge is 0.335 e. The van der Waals surface area contributed by atoms with Crippen LogP contribution in [0.4, 0.5) is 5.69 Å². The molecule has 0 spiro atoms. The predicted octanol–water partition coefficient (Wildman–Crippen LogP) is 1.22. The van der Waals surface area contributed by atoms with Crippen molar-refractivity contribution in [2.24, 2.45) is 12.9 Å². The van der Waals surface area contributed by atoms with Gasteiger partial charge in [0.05, 0.1) is 28.2 Å². The molecule has 0 aliphatic heterocycles. The molecule has 18 heavy (non-hydrogen) atoms. The van der Waals surface area contributed by atoms with Gasteiger partial charge in [-0.15, -0.1) is 0 Å². The van der Waals surface area contributed by atoms with Gasteiger partial charge in [-0.2, -0.15) is 5.10 Å². The second-order valence-electron chi connectivity index (χ2n) is 3.99. The monoisotopic (exact) mass is 244 g/mol. The third-order valence-corrected chi connectivity index (χ3v) is 2.86. The van der Waals surface area contributed by atoms with Gasteiger partial charge in [-0.1, -0.05) is 5.16 Å². The predicted molar refractivity (Wildman–Crippen MR) is 66.6 cm³/mol. The molecule has 3 N–H and O–H groups in total. The Labute approximate surface area is 103 Å². The molecule has 7 heteroatoms. The number of hydrogen-bond acceptors (Lipinski definition) is 6. The highest BCUT2D eigenvalue weighted by Crippen LogP contribution is 2.29. The molecule has 3 aromatic heterocycles. The number of nitrogen functional groups attached to an aromatic ring is 1. The molecule has 3 heterocycles. The molecule has 7 nitrogen and oxygen atoms in total. The number of hydrazine groups is 1. The van der Waals surface area contributed by atoms with E-state index in [-0.39, 0.29) is 0 Å². The van der Waals surface area contributed by atoms with Crippen LogP contribution in [-0.4, -0.2) is 19.9 Å². The van der Waals surface area contributed by atoms with Crippen molar-refractivity contribution in [2.45, 2.75) is 6.92 Å². The molecule has 0 aromatic carbocycles. The van der Waals surface area contributed by atoms with Gasteiger partial charge in [-0.3, -0.25) is 10.5 Å². The highest BCUT2D eigenvalue weighted by molar-refractivity contribution is 5.92. The zero-order valence-electron chi connectivity index (χ0n) is 10.0. The van der Waals surface area contributed by atoms with Gasteiger partial charge in [0, 0.05) is 13.2 Å². The molecule has 3 rings (SSSR count). The number of fused-ring (bicyclic) bond motifs is 1. The van der Waals surface area contributed by atoms with E-state index in [1.165, 1.54) is 0 Å². The van der Waals surface area contributed by atoms with Crippen LogP contribution < -0.4 is 11.3 Å². The lowest BCUT2D eigenvalue weighted by molar-refractivity contribution is 0.443. The molecule has 0 amide bonds. The number of pyridine rings is 1. The lowest BCUT2D eigenvalue weighted by Crippen LogP contribution is -2.08. The number of nitrogens with zero attached hydrogens (tertiary/aromatic N) is 4. The van der Waals surface area contributed by atoms with Crippen LogP contribution in [0.2, 0.25) is 0 Å². The number of nitrogens with one attached hydrogen (secondary N) is 1. The Morgan fingerprint density at radius 1 is 1.44 bits per heavy atom. The van der Waals surface area contributed by atoms with E-state index in [0.29, 0.717) is 5.71 Å². The van der Waals surface area contributed by atoms with Crippen molar-refractivity contribution in [3.8, 4) is 11.4 Å². The molecular formula is C11H12N6O. The molecule has 0 fully saturated rings. The van der Waals surface area contributed by atoms with Crippen LogP contribution in [0, 0.1) is 6.92 Å². The van der Waals surface area contributed by atoms with Gasteiger partial charge in [0.15, 0.2) is 0 Å². The quantitative estimate of drug-likeness (QED) is 0.520. The van der Waals surface area contributed by atoms with E-state index in [2.05, 4.69) is 20.7 Å². The van der Waals surface area contributed by atoms with Crippen molar-refractivity contribution in [1.82, 2.24) is 19.9 Å². The summed E-state index contributed by atoms with van der Waals surface area (Å²) in [5.74, 6) is 5.53. The Balaban J connectivity index is 2.30. The summed E-state index contributed by atoms with van der Waals surface area (Å²) < 4.78 is 6.92. The maximum Gasteiger partial charge on any atom is 0.260 e. The van der Waals surface area contributed by atoms with Crippen molar-refractivity contribution in [3.05, 3.63) is 24.0 Å². The van der Waals surface area contributed by atoms with Crippen LogP contribution in [0.3, 0.4) is 0 Å². The topological polar surface area (TPSA) is 94.8 Å². The van der Waals surface area contributed by atoms with Gasteiger partial charge >= 0.3 is 0 Å². The summed E-state index contributed by atoms with van der Waals surface area (Å²) in [6, 6.07) is 3.72. The van der Waals surface area contributed by atoms with E-state index < -0.39 is 0 Å². The third kappa shape index (κ3) is 1.45. The summed E-state index contributed by atoms with van der Waals surface area (Å²) in [4.78, 5) is 4.42. The number of aryl methyl sites for hydroxylation is 2. The summed E-state index contributed by atoms with van der Waals surface area (Å²) in [5, 5.41) is 8.80. The fourth-order valence-electron chi connectivity index (χ4n) is 1.96. The number of anilines is 1. The minimum absolute atomic E-state index is 0.458. The lowest BCUT2D eigenvalue weighted by atomic mass is 10.2. The first-order valence-corrected chi connectivity index (χ1v) is 5.42. The van der Waals surface area contributed by atoms with E-state index in [1.807, 2.05) is 26.1 Å². The molecular weight excluding hydrogens is 232 g/mol. The number of hydrogen-bond donors (Lipinski definition) is 2. The minimum atomic E-state index is 0.458. The molecule has 0 atom stereocenters. The van der Waals surface area contributed by atoms with Crippen molar-refractivity contribution in [2.75, 3.05) is 5.43 Å². The molecule has 0 unspecified atom stereocenters. The molecule has 0 radical (unpaired) electrons. The van der Waals surface area contributed by atoms with Crippen LogP contribution in [0.15, 0.2) is 22.9 Å². The van der Waals surface area contributed by atoms with Crippen molar-refractivity contribution >= 4 is 16.8 Å². The molecule has 3 aromatic rings. The molecule has 92 valence electrons. The van der Waals surface area contributed by atoms with Gasteiger partial charge in [-0.05, 0) is 19.1 Å². The average Bonchev–Trinajstić information content (AvgIpc) is 2.95. The Hall–Kier alpha value is -2.41. The average molecular weight is 244 g/mol. The zero-order chi connectivity index (χ0) is 12.7. The van der Waals surface area contributed by atoms with E-state index in [0.717, 1.165) is 28.2 Å². The van der Waals surface area contributed by atoms with E-state index in [1.54, 1.807) is 10.9 Å². The van der Waals surface area contributed by atoms with Crippen LogP contribution >= 0.6 is 0 Å². The molecule has 0 saturated heterocycles. The Morgan fingerprint density at radius 2 is 2.28 bits per heavy atom. The smallest absolute Gasteiger partial charge is 0.260 e. The van der Waals surface area contributed by atoms with Gasteiger partial charge in [0.2, 0.25) is 0 Å². The second-order valence-corrected chi connectivity index (χ2v) is 3.99. The summed E-state index contributed by atoms with van der Waals surface area (Å²) in [7, 11) is 1.85. The van der Waals surface area contributed by atoms with Gasteiger partial charge < -0.3 is 9.95 Å². The lowest BCUT2D eigenvalue weighted by Gasteiger charge is -2.05. The van der Waals surface area contributed by atoms with Crippen molar-refractivity contribution < 1.29 is 4.52 Å².